The Labute approximate surface area is 105 Å². The zero-order valence-corrected chi connectivity index (χ0v) is 11.7. The topological polar surface area (TPSA) is 40.5 Å². The Hall–Kier alpha value is -0.570. The number of rotatable bonds is 5. The van der Waals surface area contributed by atoms with Gasteiger partial charge in [0.1, 0.15) is 0 Å². The summed E-state index contributed by atoms with van der Waals surface area (Å²) in [5, 5.41) is 9.26. The van der Waals surface area contributed by atoms with Gasteiger partial charge in [0.15, 0.2) is 0 Å². The molecule has 1 atom stereocenters. The quantitative estimate of drug-likeness (QED) is 0.803. The Morgan fingerprint density at radius 3 is 2.41 bits per heavy atom. The third kappa shape index (κ3) is 3.70. The van der Waals surface area contributed by atoms with Crippen LogP contribution in [0, 0.1) is 11.3 Å². The van der Waals surface area contributed by atoms with Gasteiger partial charge in [-0.3, -0.25) is 4.79 Å². The third-order valence-corrected chi connectivity index (χ3v) is 4.16. The molecule has 0 saturated heterocycles. The predicted octanol–water partition coefficient (Wildman–Crippen LogP) is 2.43. The number of aliphatic hydroxyl groups is 1. The van der Waals surface area contributed by atoms with Crippen LogP contribution in [-0.4, -0.2) is 35.6 Å². The van der Waals surface area contributed by atoms with Gasteiger partial charge < -0.3 is 10.0 Å². The van der Waals surface area contributed by atoms with Gasteiger partial charge in [0.2, 0.25) is 5.91 Å². The molecule has 1 fully saturated rings. The van der Waals surface area contributed by atoms with Crippen molar-refractivity contribution in [2.45, 2.75) is 59.0 Å². The van der Waals surface area contributed by atoms with Gasteiger partial charge in [-0.05, 0) is 32.1 Å². The molecule has 1 N–H and O–H groups in total. The van der Waals surface area contributed by atoms with Crippen molar-refractivity contribution in [2.75, 3.05) is 13.6 Å². The van der Waals surface area contributed by atoms with E-state index >= 15 is 0 Å². The van der Waals surface area contributed by atoms with Gasteiger partial charge >= 0.3 is 0 Å². The highest BCUT2D eigenvalue weighted by molar-refractivity contribution is 5.82. The number of hydrogen-bond donors (Lipinski definition) is 1. The smallest absolute Gasteiger partial charge is 0.228 e. The molecule has 0 bridgehead atoms. The van der Waals surface area contributed by atoms with Crippen molar-refractivity contribution in [3.05, 3.63) is 0 Å². The molecule has 1 aliphatic carbocycles. The number of carbonyl (C=O) groups excluding carboxylic acids is 1. The number of carbonyl (C=O) groups is 1. The van der Waals surface area contributed by atoms with Crippen molar-refractivity contribution < 1.29 is 9.90 Å². The molecule has 1 rings (SSSR count). The summed E-state index contributed by atoms with van der Waals surface area (Å²) < 4.78 is 0. The highest BCUT2D eigenvalue weighted by atomic mass is 16.3. The monoisotopic (exact) mass is 241 g/mol. The molecule has 0 radical (unpaired) electrons. The molecular weight excluding hydrogens is 214 g/mol. The lowest BCUT2D eigenvalue weighted by molar-refractivity contribution is -0.142. The lowest BCUT2D eigenvalue weighted by atomic mass is 9.76. The number of aliphatic hydroxyl groups excluding tert-OH is 1. The van der Waals surface area contributed by atoms with Crippen molar-refractivity contribution >= 4 is 5.91 Å². The molecule has 3 heteroatoms. The number of nitrogens with zero attached hydrogens (tertiary/aromatic N) is 1. The summed E-state index contributed by atoms with van der Waals surface area (Å²) in [5.74, 6) is 0.758. The van der Waals surface area contributed by atoms with Crippen LogP contribution < -0.4 is 0 Å². The Balaban J connectivity index is 2.54. The van der Waals surface area contributed by atoms with E-state index in [4.69, 9.17) is 0 Å². The fourth-order valence-corrected chi connectivity index (χ4v) is 2.80. The molecule has 0 aromatic carbocycles. The second-order valence-corrected chi connectivity index (χ2v) is 6.07. The van der Waals surface area contributed by atoms with Crippen LogP contribution in [0.5, 0.6) is 0 Å². The molecule has 0 aromatic rings. The summed E-state index contributed by atoms with van der Waals surface area (Å²) >= 11 is 0. The predicted molar refractivity (Wildman–Crippen MR) is 69.7 cm³/mol. The van der Waals surface area contributed by atoms with Crippen LogP contribution in [0.1, 0.15) is 52.9 Å². The van der Waals surface area contributed by atoms with Gasteiger partial charge in [-0.25, -0.2) is 0 Å². The van der Waals surface area contributed by atoms with Crippen molar-refractivity contribution in [3.63, 3.8) is 0 Å². The van der Waals surface area contributed by atoms with Crippen LogP contribution in [-0.2, 0) is 4.79 Å². The molecule has 0 aliphatic heterocycles. The minimum atomic E-state index is -0.333. The average molecular weight is 241 g/mol. The van der Waals surface area contributed by atoms with E-state index in [1.807, 2.05) is 7.05 Å². The van der Waals surface area contributed by atoms with Crippen LogP contribution in [0.3, 0.4) is 0 Å². The zero-order chi connectivity index (χ0) is 13.1. The molecule has 1 saturated carbocycles. The van der Waals surface area contributed by atoms with E-state index in [9.17, 15) is 9.90 Å². The Morgan fingerprint density at radius 2 is 1.94 bits per heavy atom. The van der Waals surface area contributed by atoms with E-state index < -0.39 is 0 Å². The first-order valence-electron chi connectivity index (χ1n) is 6.79. The fraction of sp³-hybridized carbons (Fsp3) is 0.929. The maximum atomic E-state index is 12.4. The second kappa shape index (κ2) is 5.85. The minimum absolute atomic E-state index is 0.227. The van der Waals surface area contributed by atoms with E-state index in [1.54, 1.807) is 11.8 Å². The Bertz CT molecular complexity index is 255. The Morgan fingerprint density at radius 1 is 1.41 bits per heavy atom. The van der Waals surface area contributed by atoms with Gasteiger partial charge in [-0.2, -0.15) is 0 Å². The number of amides is 1. The molecule has 0 aromatic heterocycles. The molecule has 1 unspecified atom stereocenters. The lowest BCUT2D eigenvalue weighted by Gasteiger charge is -2.34. The molecule has 1 aliphatic rings. The van der Waals surface area contributed by atoms with Crippen LogP contribution >= 0.6 is 0 Å². The second-order valence-electron chi connectivity index (χ2n) is 6.07. The molecule has 3 nitrogen and oxygen atoms in total. The maximum Gasteiger partial charge on any atom is 0.228 e. The highest BCUT2D eigenvalue weighted by Gasteiger charge is 2.39. The highest BCUT2D eigenvalue weighted by Crippen LogP contribution is 2.40. The van der Waals surface area contributed by atoms with Gasteiger partial charge in [-0.15, -0.1) is 0 Å². The zero-order valence-electron chi connectivity index (χ0n) is 11.7. The molecule has 0 spiro atoms. The van der Waals surface area contributed by atoms with E-state index in [0.717, 1.165) is 0 Å². The molecule has 0 heterocycles. The molecule has 100 valence electrons. The van der Waals surface area contributed by atoms with Gasteiger partial charge in [-0.1, -0.05) is 26.7 Å². The summed E-state index contributed by atoms with van der Waals surface area (Å²) in [6, 6.07) is 0. The van der Waals surface area contributed by atoms with Crippen LogP contribution in [0.15, 0.2) is 0 Å². The number of hydrogen-bond acceptors (Lipinski definition) is 2. The van der Waals surface area contributed by atoms with Crippen molar-refractivity contribution in [2.24, 2.45) is 11.3 Å². The largest absolute Gasteiger partial charge is 0.393 e. The summed E-state index contributed by atoms with van der Waals surface area (Å²) in [6.45, 7) is 6.56. The fourth-order valence-electron chi connectivity index (χ4n) is 2.80. The van der Waals surface area contributed by atoms with Crippen LogP contribution in [0.25, 0.3) is 0 Å². The first kappa shape index (κ1) is 14.5. The van der Waals surface area contributed by atoms with E-state index in [-0.39, 0.29) is 17.4 Å². The molecule has 17 heavy (non-hydrogen) atoms. The molecule has 1 amide bonds. The van der Waals surface area contributed by atoms with Crippen LogP contribution in [0.4, 0.5) is 0 Å². The van der Waals surface area contributed by atoms with Gasteiger partial charge in [0.25, 0.3) is 0 Å². The maximum absolute atomic E-state index is 12.4. The normalized spacial score (nSPS) is 19.4. The van der Waals surface area contributed by atoms with E-state index in [0.29, 0.717) is 18.9 Å². The van der Waals surface area contributed by atoms with Crippen molar-refractivity contribution in [3.8, 4) is 0 Å². The van der Waals surface area contributed by atoms with Gasteiger partial charge in [0, 0.05) is 19.0 Å². The third-order valence-electron chi connectivity index (χ3n) is 4.16. The van der Waals surface area contributed by atoms with Gasteiger partial charge in [0.05, 0.1) is 6.10 Å². The lowest BCUT2D eigenvalue weighted by Crippen LogP contribution is -2.43. The standard InChI is InChI=1S/C14H27NO2/c1-11(16)9-10-15(4)13(17)14(2,3)12-7-5-6-8-12/h11-12,16H,5-10H2,1-4H3. The van der Waals surface area contributed by atoms with Crippen molar-refractivity contribution in [1.29, 1.82) is 0 Å². The SMILES string of the molecule is CC(O)CCN(C)C(=O)C(C)(C)C1CCCC1. The summed E-state index contributed by atoms with van der Waals surface area (Å²) in [7, 11) is 1.85. The Kier molecular flexibility index (Phi) is 4.99. The first-order valence-corrected chi connectivity index (χ1v) is 6.79. The summed E-state index contributed by atoms with van der Waals surface area (Å²) in [6.07, 6.45) is 5.21. The van der Waals surface area contributed by atoms with Crippen LogP contribution in [0.2, 0.25) is 0 Å². The average Bonchev–Trinajstić information content (AvgIpc) is 2.78. The van der Waals surface area contributed by atoms with E-state index in [1.165, 1.54) is 25.7 Å². The van der Waals surface area contributed by atoms with Crippen molar-refractivity contribution in [1.82, 2.24) is 4.90 Å². The van der Waals surface area contributed by atoms with E-state index in [2.05, 4.69) is 13.8 Å². The minimum Gasteiger partial charge on any atom is -0.393 e. The molecular formula is C14H27NO2. The summed E-state index contributed by atoms with van der Waals surface area (Å²) in [5.41, 5.74) is -0.246. The summed E-state index contributed by atoms with van der Waals surface area (Å²) in [4.78, 5) is 14.2. The first-order chi connectivity index (χ1) is 7.85.